The third-order valence-electron chi connectivity index (χ3n) is 3.59. The number of nitrogens with one attached hydrogen (secondary N) is 1. The second-order valence-corrected chi connectivity index (χ2v) is 7.75. The van der Waals surface area contributed by atoms with E-state index in [4.69, 9.17) is 21.1 Å². The van der Waals surface area contributed by atoms with Gasteiger partial charge in [-0.2, -0.15) is 0 Å². The van der Waals surface area contributed by atoms with E-state index in [2.05, 4.69) is 10.3 Å². The van der Waals surface area contributed by atoms with Crippen LogP contribution >= 0.6 is 11.6 Å². The number of hydrogen-bond acceptors (Lipinski definition) is 5. The average Bonchev–Trinajstić information content (AvgIpc) is 2.90. The maximum absolute atomic E-state index is 11.9. The molecule has 0 aliphatic carbocycles. The minimum atomic E-state index is -0.540. The first-order chi connectivity index (χ1) is 12.1. The molecule has 1 N–H and O–H groups in total. The first kappa shape index (κ1) is 20.5. The lowest BCUT2D eigenvalue weighted by Crippen LogP contribution is -2.39. The minimum absolute atomic E-state index is 0.0572. The molecule has 8 heteroatoms. The van der Waals surface area contributed by atoms with Crippen LogP contribution in [0, 0.1) is 0 Å². The Labute approximate surface area is 159 Å². The van der Waals surface area contributed by atoms with Gasteiger partial charge in [0.25, 0.3) is 0 Å². The Kier molecular flexibility index (Phi) is 6.83. The van der Waals surface area contributed by atoms with Gasteiger partial charge in [0, 0.05) is 13.0 Å². The molecule has 1 unspecified atom stereocenters. The third-order valence-corrected chi connectivity index (χ3v) is 3.78. The summed E-state index contributed by atoms with van der Waals surface area (Å²) in [5.41, 5.74) is 0.283. The predicted molar refractivity (Wildman–Crippen MR) is 99.3 cm³/mol. The van der Waals surface area contributed by atoms with Crippen LogP contribution in [0.15, 0.2) is 12.1 Å². The Morgan fingerprint density at radius 2 is 2.15 bits per heavy atom. The number of carbonyl (C=O) groups excluding carboxylic acids is 2. The topological polar surface area (TPSA) is 80.8 Å². The van der Waals surface area contributed by atoms with Gasteiger partial charge in [-0.25, -0.2) is 9.78 Å². The van der Waals surface area contributed by atoms with Gasteiger partial charge in [-0.15, -0.1) is 0 Å². The van der Waals surface area contributed by atoms with Crippen LogP contribution in [0.5, 0.6) is 0 Å². The molecule has 0 radical (unpaired) electrons. The van der Waals surface area contributed by atoms with E-state index >= 15 is 0 Å². The minimum Gasteiger partial charge on any atom is -0.444 e. The number of hydrogen-bond donors (Lipinski definition) is 1. The molecule has 1 aromatic heterocycles. The number of pyridine rings is 1. The second kappa shape index (κ2) is 8.68. The fourth-order valence-corrected chi connectivity index (χ4v) is 2.78. The molecule has 1 atom stereocenters. The molecule has 7 nitrogen and oxygen atoms in total. The van der Waals surface area contributed by atoms with Crippen molar-refractivity contribution in [1.29, 1.82) is 0 Å². The van der Waals surface area contributed by atoms with Crippen LogP contribution in [0.2, 0.25) is 5.15 Å². The number of nitrogens with zero attached hydrogens (tertiary/aromatic N) is 2. The van der Waals surface area contributed by atoms with Crippen LogP contribution in [0.3, 0.4) is 0 Å². The number of rotatable bonds is 6. The lowest BCUT2D eigenvalue weighted by molar-refractivity contribution is -0.117. The van der Waals surface area contributed by atoms with Gasteiger partial charge in [-0.1, -0.05) is 11.6 Å². The number of alkyl carbamates (subject to hydrolysis) is 1. The molecule has 144 valence electrons. The number of aromatic nitrogens is 1. The van der Waals surface area contributed by atoms with Crippen LogP contribution in [0.4, 0.5) is 10.6 Å². The lowest BCUT2D eigenvalue weighted by atomic mass is 10.2. The molecule has 1 fully saturated rings. The van der Waals surface area contributed by atoms with Gasteiger partial charge in [-0.05, 0) is 51.8 Å². The molecule has 0 saturated carbocycles. The van der Waals surface area contributed by atoms with Crippen molar-refractivity contribution in [1.82, 2.24) is 10.3 Å². The smallest absolute Gasteiger partial charge is 0.407 e. The Balaban J connectivity index is 1.84. The zero-order chi connectivity index (χ0) is 19.3. The Morgan fingerprint density at radius 1 is 1.42 bits per heavy atom. The molecule has 1 aromatic rings. The highest BCUT2D eigenvalue weighted by Crippen LogP contribution is 2.23. The summed E-state index contributed by atoms with van der Waals surface area (Å²) in [4.78, 5) is 29.4. The lowest BCUT2D eigenvalue weighted by Gasteiger charge is -2.22. The van der Waals surface area contributed by atoms with Crippen LogP contribution in [0.1, 0.15) is 46.1 Å². The first-order valence-corrected chi connectivity index (χ1v) is 9.06. The molecule has 1 aliphatic rings. The summed E-state index contributed by atoms with van der Waals surface area (Å²) in [6.07, 6.45) is 0.885. The molecule has 1 aliphatic heterocycles. The summed E-state index contributed by atoms with van der Waals surface area (Å²) in [5, 5.41) is 3.04. The molecule has 26 heavy (non-hydrogen) atoms. The van der Waals surface area contributed by atoms with E-state index < -0.39 is 11.7 Å². The summed E-state index contributed by atoms with van der Waals surface area (Å²) in [5.74, 6) is 0.611. The van der Waals surface area contributed by atoms with Gasteiger partial charge in [0.1, 0.15) is 16.6 Å². The van der Waals surface area contributed by atoms with Gasteiger partial charge < -0.3 is 14.8 Å². The SMILES string of the molecule is CC(COCc1cc(Cl)nc(N2CCCC2=O)c1)NC(=O)OC(C)(C)C. The molecule has 2 amide bonds. The van der Waals surface area contributed by atoms with Crippen LogP contribution < -0.4 is 10.2 Å². The van der Waals surface area contributed by atoms with E-state index in [9.17, 15) is 9.59 Å². The number of carbonyl (C=O) groups is 2. The van der Waals surface area contributed by atoms with Gasteiger partial charge in [0.05, 0.1) is 19.3 Å². The van der Waals surface area contributed by atoms with Gasteiger partial charge in [0.15, 0.2) is 0 Å². The molecule has 2 rings (SSSR count). The van der Waals surface area contributed by atoms with Crippen LogP contribution in [-0.2, 0) is 20.9 Å². The zero-order valence-electron chi connectivity index (χ0n) is 15.7. The molecule has 1 saturated heterocycles. The first-order valence-electron chi connectivity index (χ1n) is 8.68. The van der Waals surface area contributed by atoms with Gasteiger partial charge in [0.2, 0.25) is 5.91 Å². The van der Waals surface area contributed by atoms with E-state index in [-0.39, 0.29) is 11.9 Å². The van der Waals surface area contributed by atoms with Crippen molar-refractivity contribution < 1.29 is 19.1 Å². The summed E-state index contributed by atoms with van der Waals surface area (Å²) in [6, 6.07) is 3.31. The quantitative estimate of drug-likeness (QED) is 0.762. The number of ether oxygens (including phenoxy) is 2. The largest absolute Gasteiger partial charge is 0.444 e. The van der Waals surface area contributed by atoms with Gasteiger partial charge in [-0.3, -0.25) is 9.69 Å². The Morgan fingerprint density at radius 3 is 2.77 bits per heavy atom. The van der Waals surface area contributed by atoms with Crippen molar-refractivity contribution in [2.24, 2.45) is 0 Å². The summed E-state index contributed by atoms with van der Waals surface area (Å²) in [6.45, 7) is 8.53. The molecular weight excluding hydrogens is 358 g/mol. The summed E-state index contributed by atoms with van der Waals surface area (Å²) in [7, 11) is 0. The third kappa shape index (κ3) is 6.46. The summed E-state index contributed by atoms with van der Waals surface area (Å²) >= 11 is 6.07. The average molecular weight is 384 g/mol. The van der Waals surface area contributed by atoms with Gasteiger partial charge >= 0.3 is 6.09 Å². The standard InChI is InChI=1S/C18H26ClN3O4/c1-12(20-17(24)26-18(2,3)4)10-25-11-13-8-14(19)21-15(9-13)22-7-5-6-16(22)23/h8-9,12H,5-7,10-11H2,1-4H3,(H,20,24). The molecular formula is C18H26ClN3O4. The number of anilines is 1. The van der Waals surface area contributed by atoms with Crippen LogP contribution in [0.25, 0.3) is 0 Å². The fourth-order valence-electron chi connectivity index (χ4n) is 2.55. The predicted octanol–water partition coefficient (Wildman–Crippen LogP) is 3.29. The Bertz CT molecular complexity index is 660. The molecule has 2 heterocycles. The van der Waals surface area contributed by atoms with Crippen molar-refractivity contribution in [2.45, 2.75) is 58.8 Å². The monoisotopic (exact) mass is 383 g/mol. The van der Waals surface area contributed by atoms with E-state index in [0.717, 1.165) is 12.0 Å². The molecule has 0 bridgehead atoms. The highest BCUT2D eigenvalue weighted by Gasteiger charge is 2.23. The van der Waals surface area contributed by atoms with E-state index in [0.29, 0.717) is 37.2 Å². The highest BCUT2D eigenvalue weighted by atomic mass is 35.5. The maximum atomic E-state index is 11.9. The van der Waals surface area contributed by atoms with E-state index in [1.807, 2.05) is 27.7 Å². The summed E-state index contributed by atoms with van der Waals surface area (Å²) < 4.78 is 10.9. The van der Waals surface area contributed by atoms with E-state index in [1.54, 1.807) is 17.0 Å². The van der Waals surface area contributed by atoms with Crippen molar-refractivity contribution >= 4 is 29.4 Å². The number of halogens is 1. The maximum Gasteiger partial charge on any atom is 0.407 e. The van der Waals surface area contributed by atoms with E-state index in [1.165, 1.54) is 0 Å². The van der Waals surface area contributed by atoms with Crippen LogP contribution in [-0.4, -0.2) is 41.8 Å². The normalized spacial score (nSPS) is 15.9. The second-order valence-electron chi connectivity index (χ2n) is 7.37. The molecule has 0 aromatic carbocycles. The van der Waals surface area contributed by atoms with Crippen molar-refractivity contribution in [3.63, 3.8) is 0 Å². The van der Waals surface area contributed by atoms with Crippen molar-refractivity contribution in [2.75, 3.05) is 18.1 Å². The van der Waals surface area contributed by atoms with Crippen molar-refractivity contribution in [3.8, 4) is 0 Å². The number of amides is 2. The molecule has 0 spiro atoms. The highest BCUT2D eigenvalue weighted by molar-refractivity contribution is 6.29. The fraction of sp³-hybridized carbons (Fsp3) is 0.611. The van der Waals surface area contributed by atoms with Crippen molar-refractivity contribution in [3.05, 3.63) is 22.8 Å². The zero-order valence-corrected chi connectivity index (χ0v) is 16.4. The Hall–Kier alpha value is -1.86.